The fraction of sp³-hybridized carbons (Fsp3) is 0.763. The Balaban J connectivity index is 4.69. The summed E-state index contributed by atoms with van der Waals surface area (Å²) in [7, 11) is 0. The SMILES string of the molecule is CCCCCCC/C=C/C=C/C=C/CCCCCCCC(=O)OC(CCCCC/C=C/C=C/C=C/CCCCCCC)CC(=O)NC(CO)C(O)CCCCCCCCCCCCCC. The zero-order chi connectivity index (χ0) is 47.4. The van der Waals surface area contributed by atoms with Crippen LogP contribution in [0.2, 0.25) is 0 Å². The lowest BCUT2D eigenvalue weighted by Gasteiger charge is -2.24. The molecule has 6 nitrogen and oxygen atoms in total. The lowest BCUT2D eigenvalue weighted by molar-refractivity contribution is -0.151. The number of allylic oxidation sites excluding steroid dienone is 12. The van der Waals surface area contributed by atoms with Gasteiger partial charge >= 0.3 is 5.97 Å². The maximum atomic E-state index is 13.2. The van der Waals surface area contributed by atoms with Crippen LogP contribution in [0.3, 0.4) is 0 Å². The summed E-state index contributed by atoms with van der Waals surface area (Å²) >= 11 is 0. The van der Waals surface area contributed by atoms with E-state index in [0.717, 1.165) is 89.9 Å². The van der Waals surface area contributed by atoms with E-state index in [2.05, 4.69) is 99.0 Å². The van der Waals surface area contributed by atoms with E-state index in [-0.39, 0.29) is 24.9 Å². The number of aliphatic hydroxyl groups excluding tert-OH is 2. The Labute approximate surface area is 402 Å². The molecule has 0 aromatic rings. The highest BCUT2D eigenvalue weighted by molar-refractivity contribution is 5.77. The minimum atomic E-state index is -0.804. The van der Waals surface area contributed by atoms with E-state index in [1.54, 1.807) is 0 Å². The molecule has 3 atom stereocenters. The Morgan fingerprint density at radius 1 is 0.446 bits per heavy atom. The fourth-order valence-electron chi connectivity index (χ4n) is 8.14. The molecule has 3 N–H and O–H groups in total. The largest absolute Gasteiger partial charge is 0.462 e. The van der Waals surface area contributed by atoms with Gasteiger partial charge in [0.05, 0.1) is 25.2 Å². The summed E-state index contributed by atoms with van der Waals surface area (Å²) in [6, 6.07) is -0.720. The van der Waals surface area contributed by atoms with Crippen molar-refractivity contribution in [3.8, 4) is 0 Å². The molecule has 65 heavy (non-hydrogen) atoms. The second-order valence-corrected chi connectivity index (χ2v) is 18.8. The molecule has 0 aliphatic rings. The molecule has 0 aromatic heterocycles. The monoisotopic (exact) mass is 908 g/mol. The molecule has 0 rings (SSSR count). The quantitative estimate of drug-likeness (QED) is 0.0321. The van der Waals surface area contributed by atoms with Crippen molar-refractivity contribution in [1.82, 2.24) is 5.32 Å². The Morgan fingerprint density at radius 3 is 1.18 bits per heavy atom. The lowest BCUT2D eigenvalue weighted by atomic mass is 10.0. The number of carbonyl (C=O) groups excluding carboxylic acids is 2. The van der Waals surface area contributed by atoms with Crippen LogP contribution in [0.1, 0.15) is 265 Å². The standard InChI is InChI=1S/C59H105NO5/c1-4-7-10-13-16-19-22-25-27-29-30-32-34-37-40-43-46-49-52-59(64)65-55(50-47-44-41-38-35-33-31-28-26-23-20-17-14-11-8-5-2)53-58(63)60-56(54-61)57(62)51-48-45-42-39-36-24-21-18-15-12-9-6-3/h22-23,25-33,35,55-57,61-62H,4-21,24,34,36-54H2,1-3H3,(H,60,63)/b25-22+,26-23+,29-27+,31-28+,32-30+,35-33+. The van der Waals surface area contributed by atoms with Crippen molar-refractivity contribution >= 4 is 11.9 Å². The van der Waals surface area contributed by atoms with E-state index in [1.807, 2.05) is 0 Å². The van der Waals surface area contributed by atoms with Crippen LogP contribution < -0.4 is 5.32 Å². The summed E-state index contributed by atoms with van der Waals surface area (Å²) in [6.45, 7) is 6.44. The highest BCUT2D eigenvalue weighted by Crippen LogP contribution is 2.17. The van der Waals surface area contributed by atoms with Crippen molar-refractivity contribution in [3.05, 3.63) is 72.9 Å². The first-order chi connectivity index (χ1) is 32.0. The molecule has 0 radical (unpaired) electrons. The van der Waals surface area contributed by atoms with Gasteiger partial charge in [0.15, 0.2) is 0 Å². The molecule has 0 heterocycles. The average molecular weight is 908 g/mol. The normalized spacial score (nSPS) is 13.7. The smallest absolute Gasteiger partial charge is 0.306 e. The fourth-order valence-corrected chi connectivity index (χ4v) is 8.14. The van der Waals surface area contributed by atoms with Crippen molar-refractivity contribution in [3.63, 3.8) is 0 Å². The number of rotatable bonds is 49. The molecule has 0 spiro atoms. The third kappa shape index (κ3) is 47.6. The van der Waals surface area contributed by atoms with Gasteiger partial charge in [-0.3, -0.25) is 9.59 Å². The summed E-state index contributed by atoms with van der Waals surface area (Å²) in [6.07, 6.45) is 66.7. The maximum absolute atomic E-state index is 13.2. The molecule has 0 aliphatic carbocycles. The van der Waals surface area contributed by atoms with Crippen LogP contribution in [0.5, 0.6) is 0 Å². The van der Waals surface area contributed by atoms with E-state index in [9.17, 15) is 19.8 Å². The number of ether oxygens (including phenoxy) is 1. The predicted octanol–water partition coefficient (Wildman–Crippen LogP) is 17.0. The Hall–Kier alpha value is -2.70. The first kappa shape index (κ1) is 62.3. The van der Waals surface area contributed by atoms with Crippen LogP contribution in [-0.4, -0.2) is 46.9 Å². The number of hydrogen-bond donors (Lipinski definition) is 3. The zero-order valence-electron chi connectivity index (χ0n) is 42.9. The second kappa shape index (κ2) is 52.3. The van der Waals surface area contributed by atoms with E-state index in [4.69, 9.17) is 4.74 Å². The van der Waals surface area contributed by atoms with Gasteiger partial charge in [0.1, 0.15) is 6.10 Å². The highest BCUT2D eigenvalue weighted by atomic mass is 16.5. The third-order valence-electron chi connectivity index (χ3n) is 12.4. The van der Waals surface area contributed by atoms with E-state index in [1.165, 1.54) is 128 Å². The van der Waals surface area contributed by atoms with Crippen LogP contribution in [-0.2, 0) is 14.3 Å². The molecular formula is C59H105NO5. The summed E-state index contributed by atoms with van der Waals surface area (Å²) in [5.74, 6) is -0.529. The van der Waals surface area contributed by atoms with Gasteiger partial charge < -0.3 is 20.3 Å². The number of amides is 1. The van der Waals surface area contributed by atoms with Crippen molar-refractivity contribution in [2.24, 2.45) is 0 Å². The van der Waals surface area contributed by atoms with Crippen LogP contribution >= 0.6 is 0 Å². The zero-order valence-corrected chi connectivity index (χ0v) is 42.9. The van der Waals surface area contributed by atoms with Crippen LogP contribution in [0.25, 0.3) is 0 Å². The molecule has 0 aliphatic heterocycles. The van der Waals surface area contributed by atoms with Gasteiger partial charge in [-0.15, -0.1) is 0 Å². The van der Waals surface area contributed by atoms with E-state index >= 15 is 0 Å². The number of esters is 1. The molecule has 0 saturated heterocycles. The Bertz CT molecular complexity index is 1200. The summed E-state index contributed by atoms with van der Waals surface area (Å²) in [5.41, 5.74) is 0. The molecule has 1 amide bonds. The number of aliphatic hydroxyl groups is 2. The van der Waals surface area contributed by atoms with Crippen molar-refractivity contribution < 1.29 is 24.5 Å². The van der Waals surface area contributed by atoms with Crippen LogP contribution in [0.4, 0.5) is 0 Å². The first-order valence-corrected chi connectivity index (χ1v) is 27.7. The number of nitrogens with one attached hydrogen (secondary N) is 1. The van der Waals surface area contributed by atoms with Crippen molar-refractivity contribution in [1.29, 1.82) is 0 Å². The number of unbranched alkanes of at least 4 members (excludes halogenated alkanes) is 29. The summed E-state index contributed by atoms with van der Waals surface area (Å²) in [5, 5.41) is 23.8. The van der Waals surface area contributed by atoms with Gasteiger partial charge in [-0.1, -0.05) is 248 Å². The molecule has 3 unspecified atom stereocenters. The van der Waals surface area contributed by atoms with Gasteiger partial charge in [0.2, 0.25) is 5.91 Å². The van der Waals surface area contributed by atoms with Gasteiger partial charge in [-0.2, -0.15) is 0 Å². The van der Waals surface area contributed by atoms with Crippen LogP contribution in [0, 0.1) is 0 Å². The van der Waals surface area contributed by atoms with Crippen molar-refractivity contribution in [2.75, 3.05) is 6.61 Å². The first-order valence-electron chi connectivity index (χ1n) is 27.7. The summed E-state index contributed by atoms with van der Waals surface area (Å²) < 4.78 is 5.93. The van der Waals surface area contributed by atoms with E-state index < -0.39 is 18.2 Å². The molecule has 0 aromatic carbocycles. The average Bonchev–Trinajstić information content (AvgIpc) is 3.30. The topological polar surface area (TPSA) is 95.9 Å². The number of carbonyl (C=O) groups is 2. The third-order valence-corrected chi connectivity index (χ3v) is 12.4. The molecule has 6 heteroatoms. The maximum Gasteiger partial charge on any atom is 0.306 e. The highest BCUT2D eigenvalue weighted by Gasteiger charge is 2.24. The van der Waals surface area contributed by atoms with Gasteiger partial charge in [-0.25, -0.2) is 0 Å². The molecule has 0 saturated carbocycles. The molecule has 0 fully saturated rings. The molecule has 0 bridgehead atoms. The number of hydrogen-bond acceptors (Lipinski definition) is 5. The molecule has 376 valence electrons. The predicted molar refractivity (Wildman–Crippen MR) is 282 cm³/mol. The molecular weight excluding hydrogens is 803 g/mol. The van der Waals surface area contributed by atoms with Gasteiger partial charge in [-0.05, 0) is 77.0 Å². The second-order valence-electron chi connectivity index (χ2n) is 18.8. The summed E-state index contributed by atoms with van der Waals surface area (Å²) in [4.78, 5) is 26.2. The Kier molecular flexibility index (Phi) is 50.1. The van der Waals surface area contributed by atoms with E-state index in [0.29, 0.717) is 19.3 Å². The minimum absolute atomic E-state index is 0.0443. The van der Waals surface area contributed by atoms with Gasteiger partial charge in [0.25, 0.3) is 0 Å². The van der Waals surface area contributed by atoms with Crippen molar-refractivity contribution in [2.45, 2.75) is 283 Å². The van der Waals surface area contributed by atoms with Crippen LogP contribution in [0.15, 0.2) is 72.9 Å². The lowest BCUT2D eigenvalue weighted by Crippen LogP contribution is -2.46. The Morgan fingerprint density at radius 2 is 0.785 bits per heavy atom. The van der Waals surface area contributed by atoms with Gasteiger partial charge in [0, 0.05) is 6.42 Å². The minimum Gasteiger partial charge on any atom is -0.462 e.